The topological polar surface area (TPSA) is 105 Å². The molecule has 0 unspecified atom stereocenters. The lowest BCUT2D eigenvalue weighted by molar-refractivity contribution is 0.0788. The van der Waals surface area contributed by atoms with Crippen LogP contribution < -0.4 is 10.6 Å². The van der Waals surface area contributed by atoms with Crippen LogP contribution in [0.3, 0.4) is 0 Å². The summed E-state index contributed by atoms with van der Waals surface area (Å²) in [5, 5.41) is 15.6. The molecule has 1 aromatic carbocycles. The lowest BCUT2D eigenvalue weighted by Gasteiger charge is -2.33. The molecule has 2 aliphatic rings. The number of rotatable bonds is 4. The van der Waals surface area contributed by atoms with E-state index >= 15 is 0 Å². The number of urea groups is 1. The molecule has 1 aromatic rings. The highest BCUT2D eigenvalue weighted by Gasteiger charge is 2.44. The maximum Gasteiger partial charge on any atom is 0.319 e. The zero-order valence-electron chi connectivity index (χ0n) is 18.4. The van der Waals surface area contributed by atoms with Gasteiger partial charge in [-0.3, -0.25) is 0 Å². The van der Waals surface area contributed by atoms with Gasteiger partial charge in [-0.25, -0.2) is 13.2 Å². The second-order valence-corrected chi connectivity index (χ2v) is 9.66. The normalized spacial score (nSPS) is 23.9. The lowest BCUT2D eigenvalue weighted by Crippen LogP contribution is -2.41. The average molecular weight is 432 g/mol. The van der Waals surface area contributed by atoms with Crippen LogP contribution in [-0.2, 0) is 14.6 Å². The molecule has 7 nitrogen and oxygen atoms in total. The van der Waals surface area contributed by atoms with Gasteiger partial charge < -0.3 is 20.5 Å². The van der Waals surface area contributed by atoms with Gasteiger partial charge in [0.2, 0.25) is 0 Å². The molecule has 0 saturated carbocycles. The first-order chi connectivity index (χ1) is 14.4. The minimum absolute atomic E-state index is 0.0510. The summed E-state index contributed by atoms with van der Waals surface area (Å²) < 4.78 is 53.9. The van der Waals surface area contributed by atoms with E-state index in [4.69, 9.17) is 20.5 Å². The van der Waals surface area contributed by atoms with E-state index in [1.54, 1.807) is 0 Å². The summed E-state index contributed by atoms with van der Waals surface area (Å²) >= 11 is 6.12. The van der Waals surface area contributed by atoms with Crippen molar-refractivity contribution in [3.63, 3.8) is 0 Å². The van der Waals surface area contributed by atoms with Crippen molar-refractivity contribution in [1.82, 2.24) is 5.32 Å². The first kappa shape index (κ1) is 17.1. The molecule has 0 spiro atoms. The SMILES string of the molecule is [2H]C([2H])([2H])C1(S(=O)(=O)c2c(Cl)ccc(NC(=O)N[C@@H]3CCC=C3C)c2O)CCOCC1. The number of ether oxygens (including phenoxy) is 1. The lowest BCUT2D eigenvalue weighted by atomic mass is 10.0. The number of hydrogen-bond donors (Lipinski definition) is 3. The fourth-order valence-corrected chi connectivity index (χ4v) is 5.66. The molecule has 3 rings (SSSR count). The van der Waals surface area contributed by atoms with Crippen molar-refractivity contribution in [1.29, 1.82) is 0 Å². The van der Waals surface area contributed by atoms with Gasteiger partial charge in [-0.15, -0.1) is 0 Å². The van der Waals surface area contributed by atoms with Crippen LogP contribution >= 0.6 is 11.6 Å². The molecule has 1 aliphatic heterocycles. The Labute approximate surface area is 174 Å². The summed E-state index contributed by atoms with van der Waals surface area (Å²) in [4.78, 5) is 11.7. The van der Waals surface area contributed by atoms with Crippen LogP contribution in [0.2, 0.25) is 5.02 Å². The highest BCUT2D eigenvalue weighted by molar-refractivity contribution is 7.93. The molecule has 1 heterocycles. The second kappa shape index (κ2) is 7.93. The summed E-state index contributed by atoms with van der Waals surface area (Å²) in [7, 11) is -4.64. The largest absolute Gasteiger partial charge is 0.504 e. The molecule has 1 saturated heterocycles. The quantitative estimate of drug-likeness (QED) is 0.498. The molecule has 154 valence electrons. The van der Waals surface area contributed by atoms with Gasteiger partial charge in [0.05, 0.1) is 21.5 Å². The summed E-state index contributed by atoms with van der Waals surface area (Å²) in [5.41, 5.74) is 0.825. The first-order valence-electron chi connectivity index (χ1n) is 10.5. The number of allylic oxidation sites excluding steroid dienone is 1. The summed E-state index contributed by atoms with van der Waals surface area (Å²) in [6.45, 7) is -1.09. The maximum absolute atomic E-state index is 13.6. The number of anilines is 1. The van der Waals surface area contributed by atoms with E-state index in [-0.39, 0.29) is 42.8 Å². The number of halogens is 1. The molecule has 2 amide bonds. The van der Waals surface area contributed by atoms with E-state index in [1.807, 2.05) is 13.0 Å². The Morgan fingerprint density at radius 3 is 2.71 bits per heavy atom. The summed E-state index contributed by atoms with van der Waals surface area (Å²) in [5.74, 6) is -0.795. The first-order valence-corrected chi connectivity index (χ1v) is 10.8. The molecule has 1 aliphatic carbocycles. The van der Waals surface area contributed by atoms with Crippen molar-refractivity contribution >= 4 is 33.2 Å². The van der Waals surface area contributed by atoms with Crippen molar-refractivity contribution in [2.75, 3.05) is 18.5 Å². The summed E-state index contributed by atoms with van der Waals surface area (Å²) in [6, 6.07) is 1.69. The maximum atomic E-state index is 13.6. The number of phenols is 1. The highest BCUT2D eigenvalue weighted by Crippen LogP contribution is 2.44. The molecule has 1 fully saturated rings. The van der Waals surface area contributed by atoms with Crippen LogP contribution in [0.25, 0.3) is 0 Å². The number of carbonyl (C=O) groups is 1. The molecule has 28 heavy (non-hydrogen) atoms. The van der Waals surface area contributed by atoms with E-state index in [1.165, 1.54) is 12.1 Å². The Hall–Kier alpha value is -1.77. The monoisotopic (exact) mass is 431 g/mol. The number of benzene rings is 1. The Kier molecular flexibility index (Phi) is 4.85. The molecule has 3 N–H and O–H groups in total. The van der Waals surface area contributed by atoms with Crippen LogP contribution in [0.5, 0.6) is 5.75 Å². The van der Waals surface area contributed by atoms with E-state index in [9.17, 15) is 18.3 Å². The van der Waals surface area contributed by atoms with Gasteiger partial charge in [-0.05, 0) is 51.6 Å². The highest BCUT2D eigenvalue weighted by atomic mass is 35.5. The van der Waals surface area contributed by atoms with Crippen LogP contribution in [0, 0.1) is 0 Å². The van der Waals surface area contributed by atoms with E-state index in [0.29, 0.717) is 0 Å². The van der Waals surface area contributed by atoms with Crippen molar-refractivity contribution in [3.05, 3.63) is 28.8 Å². The van der Waals surface area contributed by atoms with E-state index in [0.717, 1.165) is 18.4 Å². The van der Waals surface area contributed by atoms with Gasteiger partial charge in [-0.1, -0.05) is 23.3 Å². The van der Waals surface area contributed by atoms with E-state index in [2.05, 4.69) is 10.6 Å². The van der Waals surface area contributed by atoms with Gasteiger partial charge >= 0.3 is 6.03 Å². The second-order valence-electron chi connectivity index (χ2n) is 7.06. The molecule has 1 atom stereocenters. The third-order valence-electron chi connectivity index (χ3n) is 5.19. The molecule has 0 radical (unpaired) electrons. The molecule has 9 heteroatoms. The van der Waals surface area contributed by atoms with Crippen LogP contribution in [-0.4, -0.2) is 43.6 Å². The number of amides is 2. The molecular weight excluding hydrogens is 404 g/mol. The van der Waals surface area contributed by atoms with Gasteiger partial charge in [0.1, 0.15) is 4.90 Å². The number of aromatic hydroxyl groups is 1. The third kappa shape index (κ3) is 3.86. The predicted molar refractivity (Wildman–Crippen MR) is 108 cm³/mol. The zero-order chi connectivity index (χ0) is 23.0. The van der Waals surface area contributed by atoms with Crippen LogP contribution in [0.4, 0.5) is 10.5 Å². The van der Waals surface area contributed by atoms with Crippen LogP contribution in [0.1, 0.15) is 43.6 Å². The minimum atomic E-state index is -4.64. The van der Waals surface area contributed by atoms with Gasteiger partial charge in [0.15, 0.2) is 15.6 Å². The van der Waals surface area contributed by atoms with Crippen molar-refractivity contribution in [2.45, 2.75) is 55.1 Å². The molecule has 0 bridgehead atoms. The Morgan fingerprint density at radius 2 is 2.11 bits per heavy atom. The standard InChI is InChI=1S/C19H25ClN2O5S/c1-12-4-3-5-14(12)21-18(24)22-15-7-6-13(20)17(16(15)23)28(25,26)19(2)8-10-27-11-9-19/h4,6-7,14,23H,3,5,8-11H2,1-2H3,(H2,21,22,24)/t14-/m1/s1/i2D3. The number of phenolic OH excluding ortho intramolecular Hbond substituents is 1. The fourth-order valence-electron chi connectivity index (χ4n) is 3.42. The predicted octanol–water partition coefficient (Wildman–Crippen LogP) is 3.62. The Bertz CT molecular complexity index is 1000. The number of hydrogen-bond acceptors (Lipinski definition) is 5. The van der Waals surface area contributed by atoms with E-state index < -0.39 is 38.1 Å². The van der Waals surface area contributed by atoms with Crippen molar-refractivity contribution in [3.8, 4) is 5.75 Å². The Balaban J connectivity index is 1.98. The van der Waals surface area contributed by atoms with Crippen molar-refractivity contribution in [2.24, 2.45) is 0 Å². The smallest absolute Gasteiger partial charge is 0.319 e. The number of sulfone groups is 1. The van der Waals surface area contributed by atoms with Gasteiger partial charge in [0, 0.05) is 17.3 Å². The van der Waals surface area contributed by atoms with Crippen molar-refractivity contribution < 1.29 is 27.2 Å². The number of nitrogens with one attached hydrogen (secondary N) is 2. The molecular formula is C19H25ClN2O5S. The number of carbonyl (C=O) groups excluding carboxylic acids is 1. The fraction of sp³-hybridized carbons (Fsp3) is 0.526. The Morgan fingerprint density at radius 1 is 1.39 bits per heavy atom. The third-order valence-corrected chi connectivity index (χ3v) is 8.01. The van der Waals surface area contributed by atoms with Gasteiger partial charge in [0.25, 0.3) is 0 Å². The summed E-state index contributed by atoms with van der Waals surface area (Å²) in [6.07, 6.45) is 3.05. The van der Waals surface area contributed by atoms with Crippen LogP contribution in [0.15, 0.2) is 28.7 Å². The molecule has 0 aromatic heterocycles. The minimum Gasteiger partial charge on any atom is -0.504 e. The zero-order valence-corrected chi connectivity index (χ0v) is 17.0. The average Bonchev–Trinajstić information content (AvgIpc) is 3.08. The van der Waals surface area contributed by atoms with Gasteiger partial charge in [-0.2, -0.15) is 0 Å².